The van der Waals surface area contributed by atoms with Crippen molar-refractivity contribution < 1.29 is 24.2 Å². The number of aryl methyl sites for hydroxylation is 1. The van der Waals surface area contributed by atoms with Crippen LogP contribution >= 0.6 is 11.3 Å². The molecule has 2 aromatic heterocycles. The number of nitrogens with one attached hydrogen (secondary N) is 2. The number of rotatable bonds is 11. The lowest BCUT2D eigenvalue weighted by atomic mass is 9.85. The minimum Gasteiger partial charge on any atom is -0.507 e. The summed E-state index contributed by atoms with van der Waals surface area (Å²) >= 11 is 1.59. The van der Waals surface area contributed by atoms with Crippen molar-refractivity contribution in [1.82, 2.24) is 35.6 Å². The molecule has 3 amide bonds. The molecule has 2 saturated heterocycles. The molecule has 5 N–H and O–H groups in total. The van der Waals surface area contributed by atoms with Crippen LogP contribution in [0, 0.1) is 12.3 Å². The third-order valence-electron chi connectivity index (χ3n) is 10.4. The summed E-state index contributed by atoms with van der Waals surface area (Å²) in [6, 6.07) is 14.9. The van der Waals surface area contributed by atoms with Gasteiger partial charge in [0.05, 0.1) is 46.2 Å². The molecule has 2 fully saturated rings. The van der Waals surface area contributed by atoms with Crippen molar-refractivity contribution in [3.05, 3.63) is 71.4 Å². The topological polar surface area (TPSA) is 179 Å². The van der Waals surface area contributed by atoms with Crippen LogP contribution in [0.4, 0.5) is 11.5 Å². The number of amides is 3. The van der Waals surface area contributed by atoms with Gasteiger partial charge in [-0.1, -0.05) is 57.2 Å². The van der Waals surface area contributed by atoms with Crippen LogP contribution < -0.4 is 21.3 Å². The highest BCUT2D eigenvalue weighted by molar-refractivity contribution is 7.13. The fourth-order valence-corrected chi connectivity index (χ4v) is 8.00. The first-order chi connectivity index (χ1) is 26.2. The molecule has 0 unspecified atom stereocenters. The summed E-state index contributed by atoms with van der Waals surface area (Å²) in [6.45, 7) is 12.3. The van der Waals surface area contributed by atoms with Crippen LogP contribution in [0.15, 0.2) is 60.1 Å². The molecule has 0 spiro atoms. The zero-order valence-corrected chi connectivity index (χ0v) is 33.1. The van der Waals surface area contributed by atoms with Crippen molar-refractivity contribution in [3.63, 3.8) is 0 Å². The van der Waals surface area contributed by atoms with Gasteiger partial charge in [-0.05, 0) is 48.6 Å². The van der Waals surface area contributed by atoms with Gasteiger partial charge in [0, 0.05) is 51.8 Å². The Morgan fingerprint density at radius 1 is 1.04 bits per heavy atom. The molecule has 0 radical (unpaired) electrons. The molecule has 0 saturated carbocycles. The number of thiazole rings is 1. The molecule has 0 bridgehead atoms. The maximum Gasteiger partial charge on any atom is 0.246 e. The Bertz CT molecular complexity index is 1990. The summed E-state index contributed by atoms with van der Waals surface area (Å²) in [5.41, 5.74) is 12.2. The lowest BCUT2D eigenvalue weighted by Crippen LogP contribution is -2.59. The second-order valence-corrected chi connectivity index (χ2v) is 16.2. The van der Waals surface area contributed by atoms with Gasteiger partial charge < -0.3 is 36.0 Å². The summed E-state index contributed by atoms with van der Waals surface area (Å²) in [5.74, 6) is -0.469. The zero-order chi connectivity index (χ0) is 39.4. The first kappa shape index (κ1) is 39.6. The van der Waals surface area contributed by atoms with Gasteiger partial charge >= 0.3 is 0 Å². The number of phenolic OH excluding ortho intramolecular Hbond substituents is 1. The Morgan fingerprint density at radius 3 is 2.38 bits per heavy atom. The van der Waals surface area contributed by atoms with Crippen LogP contribution in [-0.4, -0.2) is 112 Å². The molecule has 292 valence electrons. The third-order valence-corrected chi connectivity index (χ3v) is 11.4. The van der Waals surface area contributed by atoms with Gasteiger partial charge in [-0.15, -0.1) is 21.5 Å². The lowest BCUT2D eigenvalue weighted by Gasteiger charge is -2.38. The fraction of sp³-hybridized carbons (Fsp3) is 0.450. The number of nitrogen functional groups attached to an aromatic ring is 1. The number of likely N-dealkylation sites (tertiary alicyclic amines) is 1. The summed E-state index contributed by atoms with van der Waals surface area (Å²) in [7, 11) is 1.58. The van der Waals surface area contributed by atoms with E-state index in [0.29, 0.717) is 49.5 Å². The Hall–Kier alpha value is -5.12. The van der Waals surface area contributed by atoms with E-state index < -0.39 is 17.5 Å². The van der Waals surface area contributed by atoms with Gasteiger partial charge in [-0.25, -0.2) is 4.98 Å². The number of hydrogen-bond donors (Lipinski definition) is 4. The molecular formula is C40H51N9O5S. The molecule has 14 nitrogen and oxygen atoms in total. The van der Waals surface area contributed by atoms with Crippen LogP contribution in [0.5, 0.6) is 5.75 Å². The molecule has 2 aliphatic rings. The minimum atomic E-state index is -0.872. The SMILES string of the molecule is CO[C@@H]1C[C@@H](C(=O)N[C@@H](C)c2ccc(-c3scnc3C)cc2)N(C(=O)[C@@H](NC(=O)CN2CCN(c3cc(-c4ccccc4O)nnc3N)CC2)C(C)(C)C)C1. The number of anilines is 2. The smallest absolute Gasteiger partial charge is 0.246 e. The number of nitrogens with zero attached hydrogens (tertiary/aromatic N) is 6. The van der Waals surface area contributed by atoms with Crippen LogP contribution in [0.25, 0.3) is 21.7 Å². The van der Waals surface area contributed by atoms with Crippen molar-refractivity contribution in [2.45, 2.75) is 65.3 Å². The maximum atomic E-state index is 14.3. The molecule has 2 aliphatic heterocycles. The van der Waals surface area contributed by atoms with Gasteiger partial charge in [0.2, 0.25) is 17.7 Å². The molecule has 4 atom stereocenters. The van der Waals surface area contributed by atoms with Crippen LogP contribution in [-0.2, 0) is 19.1 Å². The lowest BCUT2D eigenvalue weighted by molar-refractivity contribution is -0.144. The predicted octanol–water partition coefficient (Wildman–Crippen LogP) is 4.01. The summed E-state index contributed by atoms with van der Waals surface area (Å²) in [6.07, 6.45) is 0.0361. The normalized spacial score (nSPS) is 18.9. The highest BCUT2D eigenvalue weighted by Crippen LogP contribution is 2.33. The van der Waals surface area contributed by atoms with E-state index in [1.807, 2.05) is 81.4 Å². The van der Waals surface area contributed by atoms with E-state index in [0.717, 1.165) is 21.7 Å². The van der Waals surface area contributed by atoms with E-state index in [1.165, 1.54) is 0 Å². The Balaban J connectivity index is 1.07. The van der Waals surface area contributed by atoms with E-state index in [4.69, 9.17) is 10.5 Å². The largest absolute Gasteiger partial charge is 0.507 e. The Kier molecular flexibility index (Phi) is 12.0. The number of carbonyl (C=O) groups is 3. The Labute approximate surface area is 326 Å². The van der Waals surface area contributed by atoms with Gasteiger partial charge in [0.25, 0.3) is 0 Å². The second kappa shape index (κ2) is 16.7. The average molecular weight is 770 g/mol. The first-order valence-corrected chi connectivity index (χ1v) is 19.4. The zero-order valence-electron chi connectivity index (χ0n) is 32.3. The van der Waals surface area contributed by atoms with Crippen molar-refractivity contribution in [2.24, 2.45) is 5.41 Å². The number of ether oxygens (including phenoxy) is 1. The number of aromatic nitrogens is 3. The highest BCUT2D eigenvalue weighted by atomic mass is 32.1. The van der Waals surface area contributed by atoms with Crippen molar-refractivity contribution in [3.8, 4) is 27.4 Å². The number of carbonyl (C=O) groups excluding carboxylic acids is 3. The molecule has 4 heterocycles. The number of para-hydroxylation sites is 1. The number of piperazine rings is 1. The Morgan fingerprint density at radius 2 is 1.75 bits per heavy atom. The molecule has 0 aliphatic carbocycles. The number of nitrogens with two attached hydrogens (primary N) is 1. The van der Waals surface area contributed by atoms with Crippen LogP contribution in [0.3, 0.4) is 0 Å². The average Bonchev–Trinajstić information content (AvgIpc) is 3.81. The fourth-order valence-electron chi connectivity index (χ4n) is 7.19. The van der Waals surface area contributed by atoms with E-state index in [9.17, 15) is 19.5 Å². The van der Waals surface area contributed by atoms with Gasteiger partial charge in [0.1, 0.15) is 17.8 Å². The molecule has 2 aromatic carbocycles. The number of hydrogen-bond acceptors (Lipinski definition) is 12. The summed E-state index contributed by atoms with van der Waals surface area (Å²) < 4.78 is 5.65. The molecular weight excluding hydrogens is 719 g/mol. The van der Waals surface area contributed by atoms with Gasteiger partial charge in [-0.2, -0.15) is 0 Å². The van der Waals surface area contributed by atoms with Crippen LogP contribution in [0.1, 0.15) is 51.4 Å². The number of methoxy groups -OCH3 is 1. The molecule has 4 aromatic rings. The van der Waals surface area contributed by atoms with E-state index in [2.05, 4.69) is 30.7 Å². The molecule has 15 heteroatoms. The first-order valence-electron chi connectivity index (χ1n) is 18.6. The van der Waals surface area contributed by atoms with Crippen molar-refractivity contribution in [1.29, 1.82) is 0 Å². The monoisotopic (exact) mass is 769 g/mol. The number of benzene rings is 2. The van der Waals surface area contributed by atoms with E-state index in [1.54, 1.807) is 41.5 Å². The van der Waals surface area contributed by atoms with Crippen molar-refractivity contribution >= 4 is 40.6 Å². The summed E-state index contributed by atoms with van der Waals surface area (Å²) in [5, 5.41) is 24.8. The van der Waals surface area contributed by atoms with Crippen molar-refractivity contribution in [2.75, 3.05) is 57.0 Å². The number of aromatic hydroxyl groups is 1. The van der Waals surface area contributed by atoms with E-state index >= 15 is 0 Å². The minimum absolute atomic E-state index is 0.102. The second-order valence-electron chi connectivity index (χ2n) is 15.4. The van der Waals surface area contributed by atoms with Crippen LogP contribution in [0.2, 0.25) is 0 Å². The quantitative estimate of drug-likeness (QED) is 0.173. The highest BCUT2D eigenvalue weighted by Gasteiger charge is 2.45. The van der Waals surface area contributed by atoms with Gasteiger partial charge in [0.15, 0.2) is 5.82 Å². The molecule has 55 heavy (non-hydrogen) atoms. The summed E-state index contributed by atoms with van der Waals surface area (Å²) in [4.78, 5) is 52.9. The number of phenols is 1. The van der Waals surface area contributed by atoms with Gasteiger partial charge in [-0.3, -0.25) is 19.3 Å². The predicted molar refractivity (Wildman–Crippen MR) is 213 cm³/mol. The third kappa shape index (κ3) is 9.06. The van der Waals surface area contributed by atoms with E-state index in [-0.39, 0.29) is 54.5 Å². The maximum absolute atomic E-state index is 14.3. The standard InChI is InChI=1S/C40H51N9O5S/c1-24(26-11-13-27(14-12-26)35-25(2)42-23-55-35)43-38(52)32-19-28(54-6)21-49(32)39(53)36(40(3,4)5)44-34(51)22-47-15-17-48(18-16-47)31-20-30(45-46-37(31)41)29-9-7-8-10-33(29)50/h7-14,20,23-24,28,32,36,50H,15-19,21-22H2,1-6H3,(H2,41,46)(H,43,52)(H,44,51)/t24-,28+,32-,36+/m0/s1. The molecule has 6 rings (SSSR count).